The van der Waals surface area contributed by atoms with E-state index in [9.17, 15) is 9.59 Å². The molecule has 130 valence electrons. The maximum absolute atomic E-state index is 11.5. The van der Waals surface area contributed by atoms with Gasteiger partial charge in [-0.25, -0.2) is 0 Å². The predicted octanol–water partition coefficient (Wildman–Crippen LogP) is 4.67. The van der Waals surface area contributed by atoms with E-state index in [1.54, 1.807) is 0 Å². The van der Waals surface area contributed by atoms with Crippen molar-refractivity contribution in [3.63, 3.8) is 0 Å². The molecule has 4 nitrogen and oxygen atoms in total. The number of unbranched alkanes of at least 4 members (excludes halogenated alkanes) is 10. The molecule has 0 rings (SSSR count). The fourth-order valence-electron chi connectivity index (χ4n) is 2.47. The maximum Gasteiger partial charge on any atom is 0.303 e. The molecule has 0 atom stereocenters. The van der Waals surface area contributed by atoms with E-state index in [1.165, 1.54) is 32.1 Å². The first-order valence-electron chi connectivity index (χ1n) is 9.15. The minimum Gasteiger partial charge on any atom is -0.481 e. The van der Waals surface area contributed by atoms with Crippen LogP contribution in [-0.2, 0) is 9.59 Å². The Hall–Kier alpha value is -1.06. The number of aliphatic carboxylic acids is 1. The predicted molar refractivity (Wildman–Crippen MR) is 91.0 cm³/mol. The minimum atomic E-state index is -0.681. The van der Waals surface area contributed by atoms with E-state index in [1.807, 2.05) is 0 Å². The highest BCUT2D eigenvalue weighted by Gasteiger charge is 2.00. The van der Waals surface area contributed by atoms with Crippen molar-refractivity contribution < 1.29 is 14.7 Å². The molecular formula is C18H35NO3. The summed E-state index contributed by atoms with van der Waals surface area (Å²) in [7, 11) is 0. The molecule has 22 heavy (non-hydrogen) atoms. The van der Waals surface area contributed by atoms with E-state index in [4.69, 9.17) is 5.11 Å². The summed E-state index contributed by atoms with van der Waals surface area (Å²) in [5.74, 6) is -0.478. The molecule has 0 aromatic rings. The first-order chi connectivity index (χ1) is 10.7. The lowest BCUT2D eigenvalue weighted by Crippen LogP contribution is -2.23. The van der Waals surface area contributed by atoms with Crippen molar-refractivity contribution in [2.24, 2.45) is 0 Å². The van der Waals surface area contributed by atoms with Crippen molar-refractivity contribution >= 4 is 11.9 Å². The first-order valence-corrected chi connectivity index (χ1v) is 9.15. The van der Waals surface area contributed by atoms with Crippen LogP contribution >= 0.6 is 0 Å². The van der Waals surface area contributed by atoms with Crippen LogP contribution in [0.15, 0.2) is 0 Å². The van der Waals surface area contributed by atoms with Crippen LogP contribution in [0.3, 0.4) is 0 Å². The van der Waals surface area contributed by atoms with Crippen LogP contribution in [0, 0.1) is 0 Å². The Morgan fingerprint density at radius 2 is 1.18 bits per heavy atom. The molecule has 0 radical (unpaired) electrons. The lowest BCUT2D eigenvalue weighted by atomic mass is 10.1. The molecule has 0 spiro atoms. The molecule has 4 heteroatoms. The molecule has 0 bridgehead atoms. The monoisotopic (exact) mass is 313 g/mol. The third-order valence-electron chi connectivity index (χ3n) is 3.90. The quantitative estimate of drug-likeness (QED) is 0.407. The third kappa shape index (κ3) is 17.0. The van der Waals surface area contributed by atoms with E-state index in [-0.39, 0.29) is 5.91 Å². The van der Waals surface area contributed by atoms with Crippen LogP contribution in [0.25, 0.3) is 0 Å². The summed E-state index contributed by atoms with van der Waals surface area (Å²) in [4.78, 5) is 21.8. The van der Waals surface area contributed by atoms with Crippen LogP contribution in [0.1, 0.15) is 96.8 Å². The molecule has 0 aliphatic carbocycles. The molecule has 0 aromatic heterocycles. The zero-order chi connectivity index (χ0) is 16.5. The van der Waals surface area contributed by atoms with Gasteiger partial charge in [-0.1, -0.05) is 64.7 Å². The Morgan fingerprint density at radius 3 is 1.64 bits per heavy atom. The highest BCUT2D eigenvalue weighted by Crippen LogP contribution is 2.12. The standard InChI is InChI=1S/C18H35NO3/c1-2-3-16-19-17(20)14-12-10-8-6-4-5-7-9-11-13-15-18(21)22/h2-16H2,1H3,(H,19,20)(H,21,22). The van der Waals surface area contributed by atoms with Gasteiger partial charge in [-0.05, 0) is 19.3 Å². The van der Waals surface area contributed by atoms with E-state index in [0.29, 0.717) is 12.8 Å². The van der Waals surface area contributed by atoms with Crippen molar-refractivity contribution in [3.8, 4) is 0 Å². The number of hydrogen-bond acceptors (Lipinski definition) is 2. The number of hydrogen-bond donors (Lipinski definition) is 2. The normalized spacial score (nSPS) is 10.6. The van der Waals surface area contributed by atoms with Gasteiger partial charge in [0.25, 0.3) is 0 Å². The zero-order valence-corrected chi connectivity index (χ0v) is 14.4. The van der Waals surface area contributed by atoms with Gasteiger partial charge in [0.2, 0.25) is 5.91 Å². The number of carbonyl (C=O) groups excluding carboxylic acids is 1. The summed E-state index contributed by atoms with van der Waals surface area (Å²) in [5.41, 5.74) is 0. The van der Waals surface area contributed by atoms with Crippen molar-refractivity contribution in [2.75, 3.05) is 6.54 Å². The molecule has 0 saturated carbocycles. The minimum absolute atomic E-state index is 0.204. The molecule has 0 unspecified atom stereocenters. The number of rotatable bonds is 16. The Kier molecular flexibility index (Phi) is 15.5. The number of amides is 1. The second-order valence-electron chi connectivity index (χ2n) is 6.13. The Morgan fingerprint density at radius 1 is 0.727 bits per heavy atom. The molecule has 0 fully saturated rings. The van der Waals surface area contributed by atoms with Crippen molar-refractivity contribution in [1.82, 2.24) is 5.32 Å². The first kappa shape index (κ1) is 20.9. The van der Waals surface area contributed by atoms with Crippen molar-refractivity contribution in [1.29, 1.82) is 0 Å². The second kappa shape index (κ2) is 16.3. The van der Waals surface area contributed by atoms with Gasteiger partial charge in [0.1, 0.15) is 0 Å². The van der Waals surface area contributed by atoms with Gasteiger partial charge in [-0.2, -0.15) is 0 Å². The topological polar surface area (TPSA) is 66.4 Å². The molecule has 0 aliphatic heterocycles. The summed E-state index contributed by atoms with van der Waals surface area (Å²) in [6.45, 7) is 2.95. The summed E-state index contributed by atoms with van der Waals surface area (Å²) in [5, 5.41) is 11.5. The number of nitrogens with one attached hydrogen (secondary N) is 1. The average Bonchev–Trinajstić information content (AvgIpc) is 2.48. The smallest absolute Gasteiger partial charge is 0.303 e. The van der Waals surface area contributed by atoms with Gasteiger partial charge in [0, 0.05) is 19.4 Å². The number of carboxylic acids is 1. The number of carboxylic acid groups (broad SMARTS) is 1. The van der Waals surface area contributed by atoms with Crippen LogP contribution in [0.2, 0.25) is 0 Å². The lowest BCUT2D eigenvalue weighted by molar-refractivity contribution is -0.137. The third-order valence-corrected chi connectivity index (χ3v) is 3.90. The van der Waals surface area contributed by atoms with Gasteiger partial charge in [-0.15, -0.1) is 0 Å². The Balaban J connectivity index is 3.11. The molecule has 1 amide bonds. The van der Waals surface area contributed by atoms with Gasteiger partial charge < -0.3 is 10.4 Å². The summed E-state index contributed by atoms with van der Waals surface area (Å²) < 4.78 is 0. The largest absolute Gasteiger partial charge is 0.481 e. The van der Waals surface area contributed by atoms with E-state index in [0.717, 1.165) is 51.5 Å². The Labute approximate surface area is 136 Å². The molecule has 0 aliphatic rings. The van der Waals surface area contributed by atoms with Crippen molar-refractivity contribution in [3.05, 3.63) is 0 Å². The van der Waals surface area contributed by atoms with Gasteiger partial charge in [0.05, 0.1) is 0 Å². The van der Waals surface area contributed by atoms with Crippen LogP contribution in [-0.4, -0.2) is 23.5 Å². The summed E-state index contributed by atoms with van der Waals surface area (Å²) >= 11 is 0. The average molecular weight is 313 g/mol. The molecule has 2 N–H and O–H groups in total. The molecule has 0 saturated heterocycles. The summed E-state index contributed by atoms with van der Waals surface area (Å²) in [6, 6.07) is 0. The van der Waals surface area contributed by atoms with E-state index in [2.05, 4.69) is 12.2 Å². The lowest BCUT2D eigenvalue weighted by Gasteiger charge is -2.04. The fourth-order valence-corrected chi connectivity index (χ4v) is 2.47. The highest BCUT2D eigenvalue weighted by molar-refractivity contribution is 5.75. The molecule has 0 aromatic carbocycles. The van der Waals surface area contributed by atoms with Gasteiger partial charge >= 0.3 is 5.97 Å². The SMILES string of the molecule is CCCCNC(=O)CCCCCCCCCCCCC(=O)O. The number of carbonyl (C=O) groups is 2. The van der Waals surface area contributed by atoms with Gasteiger partial charge in [-0.3, -0.25) is 9.59 Å². The molecule has 0 heterocycles. The Bertz CT molecular complexity index is 280. The fraction of sp³-hybridized carbons (Fsp3) is 0.889. The van der Waals surface area contributed by atoms with Crippen LogP contribution in [0.4, 0.5) is 0 Å². The highest BCUT2D eigenvalue weighted by atomic mass is 16.4. The van der Waals surface area contributed by atoms with Gasteiger partial charge in [0.15, 0.2) is 0 Å². The van der Waals surface area contributed by atoms with E-state index >= 15 is 0 Å². The molecular weight excluding hydrogens is 278 g/mol. The van der Waals surface area contributed by atoms with E-state index < -0.39 is 5.97 Å². The maximum atomic E-state index is 11.5. The van der Waals surface area contributed by atoms with Crippen LogP contribution in [0.5, 0.6) is 0 Å². The van der Waals surface area contributed by atoms with Crippen molar-refractivity contribution in [2.45, 2.75) is 96.8 Å². The van der Waals surface area contributed by atoms with Crippen LogP contribution < -0.4 is 5.32 Å². The zero-order valence-electron chi connectivity index (χ0n) is 14.4. The second-order valence-corrected chi connectivity index (χ2v) is 6.13. The summed E-state index contributed by atoms with van der Waals surface area (Å²) in [6.07, 6.45) is 14.6.